The van der Waals surface area contributed by atoms with Gasteiger partial charge >= 0.3 is 0 Å². The van der Waals surface area contributed by atoms with Gasteiger partial charge in [-0.1, -0.05) is 30.0 Å². The van der Waals surface area contributed by atoms with Gasteiger partial charge in [0.15, 0.2) is 11.5 Å². The number of rotatable bonds is 4. The van der Waals surface area contributed by atoms with E-state index in [1.807, 2.05) is 0 Å². The fraction of sp³-hybridized carbons (Fsp3) is 0.375. The maximum atomic E-state index is 12.5. The summed E-state index contributed by atoms with van der Waals surface area (Å²) in [7, 11) is 1.49. The smallest absolute Gasteiger partial charge is 0.266 e. The van der Waals surface area contributed by atoms with Crippen LogP contribution in [0.5, 0.6) is 11.5 Å². The van der Waals surface area contributed by atoms with E-state index in [0.29, 0.717) is 21.5 Å². The van der Waals surface area contributed by atoms with Crippen molar-refractivity contribution >= 4 is 40.3 Å². The average molecular weight is 351 g/mol. The third kappa shape index (κ3) is 3.52. The average Bonchev–Trinajstić information content (AvgIpc) is 3.14. The van der Waals surface area contributed by atoms with Gasteiger partial charge in [-0.3, -0.25) is 9.69 Å². The number of aromatic hydroxyl groups is 1. The standard InChI is InChI=1S/C16H17NO4S2/c1-20-13-7-10(4-5-12(13)18)8-14-15(19)17(16(22)23-14)9-11-3-2-6-21-11/h4-5,7-8,11,18H,2-3,6,9H2,1H3/b14-8+/t11-/m1/s1. The van der Waals surface area contributed by atoms with Gasteiger partial charge in [-0.25, -0.2) is 0 Å². The number of nitrogens with zero attached hydrogens (tertiary/aromatic N) is 1. The molecule has 5 nitrogen and oxygen atoms in total. The number of hydrogen-bond donors (Lipinski definition) is 1. The summed E-state index contributed by atoms with van der Waals surface area (Å²) in [5.41, 5.74) is 0.775. The molecule has 0 unspecified atom stereocenters. The Morgan fingerprint density at radius 3 is 3.09 bits per heavy atom. The van der Waals surface area contributed by atoms with Crippen molar-refractivity contribution in [2.24, 2.45) is 0 Å². The molecule has 2 saturated heterocycles. The highest BCUT2D eigenvalue weighted by Crippen LogP contribution is 2.35. The van der Waals surface area contributed by atoms with Crippen LogP contribution in [0.4, 0.5) is 0 Å². The van der Waals surface area contributed by atoms with Gasteiger partial charge in [0, 0.05) is 6.61 Å². The number of carbonyl (C=O) groups is 1. The molecule has 0 spiro atoms. The third-order valence-corrected chi connectivity index (χ3v) is 5.16. The van der Waals surface area contributed by atoms with Crippen molar-refractivity contribution in [3.05, 3.63) is 28.7 Å². The predicted molar refractivity (Wildman–Crippen MR) is 93.5 cm³/mol. The lowest BCUT2D eigenvalue weighted by Gasteiger charge is -2.18. The van der Waals surface area contributed by atoms with Crippen LogP contribution >= 0.6 is 24.0 Å². The van der Waals surface area contributed by atoms with E-state index in [1.54, 1.807) is 23.1 Å². The Balaban J connectivity index is 1.78. The van der Waals surface area contributed by atoms with Crippen LogP contribution in [0.15, 0.2) is 23.1 Å². The molecule has 3 rings (SSSR count). The molecule has 0 bridgehead atoms. The van der Waals surface area contributed by atoms with Crippen LogP contribution < -0.4 is 4.74 Å². The number of thiocarbonyl (C=S) groups is 1. The summed E-state index contributed by atoms with van der Waals surface area (Å²) in [6.07, 6.45) is 3.83. The molecule has 0 saturated carbocycles. The molecule has 0 aromatic heterocycles. The third-order valence-electron chi connectivity index (χ3n) is 3.79. The second-order valence-electron chi connectivity index (χ2n) is 5.36. The maximum absolute atomic E-state index is 12.5. The van der Waals surface area contributed by atoms with E-state index < -0.39 is 0 Å². The van der Waals surface area contributed by atoms with Crippen LogP contribution in [0, 0.1) is 0 Å². The number of phenols is 1. The van der Waals surface area contributed by atoms with Gasteiger partial charge in [-0.15, -0.1) is 0 Å². The van der Waals surface area contributed by atoms with E-state index in [4.69, 9.17) is 21.7 Å². The molecule has 1 aromatic rings. The van der Waals surface area contributed by atoms with Gasteiger partial charge in [0.2, 0.25) is 0 Å². The van der Waals surface area contributed by atoms with E-state index in [2.05, 4.69) is 0 Å². The molecule has 2 heterocycles. The van der Waals surface area contributed by atoms with Crippen molar-refractivity contribution in [2.45, 2.75) is 18.9 Å². The van der Waals surface area contributed by atoms with E-state index in [9.17, 15) is 9.90 Å². The van der Waals surface area contributed by atoms with Crippen molar-refractivity contribution in [1.82, 2.24) is 4.90 Å². The summed E-state index contributed by atoms with van der Waals surface area (Å²) in [6.45, 7) is 1.27. The lowest BCUT2D eigenvalue weighted by Crippen LogP contribution is -2.35. The first-order valence-electron chi connectivity index (χ1n) is 7.32. The van der Waals surface area contributed by atoms with Crippen LogP contribution in [-0.2, 0) is 9.53 Å². The zero-order chi connectivity index (χ0) is 16.4. The molecule has 1 atom stereocenters. The fourth-order valence-electron chi connectivity index (χ4n) is 2.58. The highest BCUT2D eigenvalue weighted by molar-refractivity contribution is 8.26. The van der Waals surface area contributed by atoms with Crippen molar-refractivity contribution < 1.29 is 19.4 Å². The predicted octanol–water partition coefficient (Wildman–Crippen LogP) is 2.78. The number of hydrogen-bond acceptors (Lipinski definition) is 6. The molecule has 23 heavy (non-hydrogen) atoms. The highest BCUT2D eigenvalue weighted by Gasteiger charge is 2.34. The van der Waals surface area contributed by atoms with E-state index in [0.717, 1.165) is 25.0 Å². The van der Waals surface area contributed by atoms with Crippen LogP contribution in [-0.4, -0.2) is 46.6 Å². The summed E-state index contributed by atoms with van der Waals surface area (Å²) in [6, 6.07) is 4.95. The molecule has 2 aliphatic heterocycles. The largest absolute Gasteiger partial charge is 0.504 e. The first-order chi connectivity index (χ1) is 11.1. The number of carbonyl (C=O) groups excluding carboxylic acids is 1. The van der Waals surface area contributed by atoms with Crippen molar-refractivity contribution in [2.75, 3.05) is 20.3 Å². The van der Waals surface area contributed by atoms with E-state index in [-0.39, 0.29) is 17.8 Å². The van der Waals surface area contributed by atoms with Crippen LogP contribution in [0.3, 0.4) is 0 Å². The van der Waals surface area contributed by atoms with Gasteiger partial charge in [-0.05, 0) is 36.6 Å². The molecule has 2 aliphatic rings. The molecule has 1 N–H and O–H groups in total. The summed E-state index contributed by atoms with van der Waals surface area (Å²) in [5.74, 6) is 0.340. The number of benzene rings is 1. The minimum absolute atomic E-state index is 0.0654. The molecule has 1 aromatic carbocycles. The zero-order valence-corrected chi connectivity index (χ0v) is 14.3. The molecular weight excluding hydrogens is 334 g/mol. The van der Waals surface area contributed by atoms with Crippen molar-refractivity contribution in [3.63, 3.8) is 0 Å². The topological polar surface area (TPSA) is 59.0 Å². The number of ether oxygens (including phenoxy) is 2. The summed E-state index contributed by atoms with van der Waals surface area (Å²) in [5, 5.41) is 9.63. The number of methoxy groups -OCH3 is 1. The quantitative estimate of drug-likeness (QED) is 0.665. The van der Waals surface area contributed by atoms with Crippen LogP contribution in [0.1, 0.15) is 18.4 Å². The summed E-state index contributed by atoms with van der Waals surface area (Å²) < 4.78 is 11.2. The summed E-state index contributed by atoms with van der Waals surface area (Å²) in [4.78, 5) is 14.7. The maximum Gasteiger partial charge on any atom is 0.266 e. The molecule has 7 heteroatoms. The number of thioether (sulfide) groups is 1. The second-order valence-corrected chi connectivity index (χ2v) is 7.03. The molecule has 0 radical (unpaired) electrons. The first kappa shape index (κ1) is 16.3. The molecule has 1 amide bonds. The van der Waals surface area contributed by atoms with Crippen LogP contribution in [0.2, 0.25) is 0 Å². The highest BCUT2D eigenvalue weighted by atomic mass is 32.2. The monoisotopic (exact) mass is 351 g/mol. The Kier molecular flexibility index (Phi) is 4.89. The lowest BCUT2D eigenvalue weighted by molar-refractivity contribution is -0.123. The van der Waals surface area contributed by atoms with Gasteiger partial charge in [-0.2, -0.15) is 0 Å². The summed E-state index contributed by atoms with van der Waals surface area (Å²) >= 11 is 6.61. The van der Waals surface area contributed by atoms with Crippen molar-refractivity contribution in [3.8, 4) is 11.5 Å². The number of phenolic OH excluding ortho intramolecular Hbond substituents is 1. The van der Waals surface area contributed by atoms with Gasteiger partial charge < -0.3 is 14.6 Å². The van der Waals surface area contributed by atoms with E-state index in [1.165, 1.54) is 24.9 Å². The van der Waals surface area contributed by atoms with Gasteiger partial charge in [0.05, 0.1) is 24.7 Å². The first-order valence-corrected chi connectivity index (χ1v) is 8.55. The fourth-order valence-corrected chi connectivity index (χ4v) is 3.86. The lowest BCUT2D eigenvalue weighted by atomic mass is 10.2. The van der Waals surface area contributed by atoms with Crippen LogP contribution in [0.25, 0.3) is 6.08 Å². The zero-order valence-electron chi connectivity index (χ0n) is 12.7. The van der Waals surface area contributed by atoms with Crippen molar-refractivity contribution in [1.29, 1.82) is 0 Å². The SMILES string of the molecule is COc1cc(/C=C2/SC(=S)N(C[C@H]3CCCO3)C2=O)ccc1O. The Hall–Kier alpha value is -1.57. The minimum Gasteiger partial charge on any atom is -0.504 e. The van der Waals surface area contributed by atoms with Gasteiger partial charge in [0.1, 0.15) is 4.32 Å². The molecular formula is C16H17NO4S2. The van der Waals surface area contributed by atoms with Gasteiger partial charge in [0.25, 0.3) is 5.91 Å². The molecule has 0 aliphatic carbocycles. The second kappa shape index (κ2) is 6.90. The normalized spacial score (nSPS) is 23.1. The Morgan fingerprint density at radius 1 is 1.57 bits per heavy atom. The Bertz CT molecular complexity index is 668. The Labute approximate surface area is 144 Å². The molecule has 2 fully saturated rings. The Morgan fingerprint density at radius 2 is 2.39 bits per heavy atom. The molecule has 122 valence electrons. The van der Waals surface area contributed by atoms with E-state index >= 15 is 0 Å². The number of amides is 1. The minimum atomic E-state index is -0.0949.